The van der Waals surface area contributed by atoms with Gasteiger partial charge in [0.05, 0.1) is 27.7 Å². The Labute approximate surface area is 599 Å². The summed E-state index contributed by atoms with van der Waals surface area (Å²) in [5.74, 6) is -0.875. The van der Waals surface area contributed by atoms with E-state index in [0.29, 0.717) is 23.9 Å². The lowest BCUT2D eigenvalue weighted by molar-refractivity contribution is -0.870. The Kier molecular flexibility index (Phi) is 69.8. The van der Waals surface area contributed by atoms with Gasteiger partial charge in [-0.3, -0.25) is 18.6 Å². The van der Waals surface area contributed by atoms with Crippen LogP contribution in [-0.2, 0) is 32.7 Å². The van der Waals surface area contributed by atoms with E-state index in [1.165, 1.54) is 0 Å². The van der Waals surface area contributed by atoms with Gasteiger partial charge in [0.2, 0.25) is 0 Å². The summed E-state index contributed by atoms with van der Waals surface area (Å²) in [6.07, 6.45) is 124. The number of carbonyl (C=O) groups excluding carboxylic acids is 2. The van der Waals surface area contributed by atoms with Gasteiger partial charge in [0.1, 0.15) is 19.8 Å². The highest BCUT2D eigenvalue weighted by Gasteiger charge is 2.27. The summed E-state index contributed by atoms with van der Waals surface area (Å²) in [6, 6.07) is 0. The van der Waals surface area contributed by atoms with Crippen molar-refractivity contribution in [3.63, 3.8) is 0 Å². The van der Waals surface area contributed by atoms with Crippen LogP contribution < -0.4 is 0 Å². The number of unbranched alkanes of at least 4 members (excludes halogenated alkanes) is 9. The molecule has 0 aliphatic rings. The molecule has 10 heteroatoms. The summed E-state index contributed by atoms with van der Waals surface area (Å²) in [4.78, 5) is 35.9. The van der Waals surface area contributed by atoms with Crippen molar-refractivity contribution < 1.29 is 42.1 Å². The smallest absolute Gasteiger partial charge is 0.462 e. The number of ether oxygens (including phenoxy) is 2. The minimum absolute atomic E-state index is 0.00716. The zero-order valence-corrected chi connectivity index (χ0v) is 62.8. The van der Waals surface area contributed by atoms with Crippen LogP contribution in [0, 0.1) is 0 Å². The summed E-state index contributed by atoms with van der Waals surface area (Å²) in [7, 11) is 1.40. The van der Waals surface area contributed by atoms with Crippen molar-refractivity contribution in [1.29, 1.82) is 0 Å². The second-order valence-corrected chi connectivity index (χ2v) is 26.3. The maximum absolute atomic E-state index is 12.9. The number of phosphoric acid groups is 1. The molecule has 98 heavy (non-hydrogen) atoms. The quantitative estimate of drug-likeness (QED) is 0.0211. The first-order valence-corrected chi connectivity index (χ1v) is 38.9. The van der Waals surface area contributed by atoms with Crippen LogP contribution in [0.1, 0.15) is 232 Å². The minimum atomic E-state index is -4.43. The van der Waals surface area contributed by atoms with Crippen LogP contribution in [0.25, 0.3) is 0 Å². The van der Waals surface area contributed by atoms with E-state index < -0.39 is 32.5 Å². The molecule has 0 bridgehead atoms. The van der Waals surface area contributed by atoms with E-state index in [-0.39, 0.29) is 26.1 Å². The van der Waals surface area contributed by atoms with E-state index in [2.05, 4.69) is 269 Å². The summed E-state index contributed by atoms with van der Waals surface area (Å²) in [5.41, 5.74) is 0. The second-order valence-electron chi connectivity index (χ2n) is 24.9. The lowest BCUT2D eigenvalue weighted by Crippen LogP contribution is -2.37. The van der Waals surface area contributed by atoms with E-state index in [4.69, 9.17) is 18.5 Å². The molecule has 0 saturated heterocycles. The number of hydrogen-bond acceptors (Lipinski definition) is 7. The molecule has 0 fully saturated rings. The molecular weight excluding hydrogens is 1230 g/mol. The molecular formula is C88H135NO8P+. The Morgan fingerprint density at radius 3 is 0.827 bits per heavy atom. The van der Waals surface area contributed by atoms with Gasteiger partial charge in [-0.25, -0.2) is 4.57 Å². The fourth-order valence-electron chi connectivity index (χ4n) is 8.93. The van der Waals surface area contributed by atoms with E-state index in [9.17, 15) is 19.0 Å². The first kappa shape index (κ1) is 91.5. The average molecular weight is 1370 g/mol. The van der Waals surface area contributed by atoms with Crippen LogP contribution in [0.5, 0.6) is 0 Å². The summed E-state index contributed by atoms with van der Waals surface area (Å²) in [6.45, 7) is 4.11. The number of carbonyl (C=O) groups is 2. The molecule has 544 valence electrons. The third kappa shape index (κ3) is 78.5. The van der Waals surface area contributed by atoms with Gasteiger partial charge in [-0.2, -0.15) is 0 Å². The van der Waals surface area contributed by atoms with Gasteiger partial charge >= 0.3 is 19.8 Å². The van der Waals surface area contributed by atoms with E-state index in [1.807, 2.05) is 21.1 Å². The highest BCUT2D eigenvalue weighted by molar-refractivity contribution is 7.47. The third-order valence-corrected chi connectivity index (χ3v) is 15.5. The zero-order chi connectivity index (χ0) is 71.1. The standard InChI is InChI=1S/C88H134NO8P/c1-6-8-10-12-14-16-18-20-22-24-26-28-30-32-34-36-38-40-42-44-46-48-50-52-54-56-58-60-62-64-66-68-70-72-74-76-78-80-87(90)94-84-86(85-96-98(92,93)95-83-82-89(3,4)5)97-88(91)81-79-77-75-73-71-69-67-65-63-61-59-57-55-53-51-49-47-45-43-41-39-37-35-33-31-29-27-25-23-21-19-17-15-13-11-9-7-2/h8-11,14-17,20-23,26-29,32-35,38-41,44-47,50-53,56-59,62-65,69,71,86H,6-7,12-13,18-19,24-25,30-31,36-37,42-43,48-49,54-55,60-61,66-68,70,72-85H2,1-5H3/p+1/b10-8-,11-9-,16-14-,17-15-,22-20-,23-21-,28-26-,29-27-,34-32-,35-33-,40-38-,41-39-,46-44-,47-45-,52-50-,53-51-,58-56-,59-57-,64-62-,65-63-,71-69-. The number of allylic oxidation sites excluding steroid dienone is 42. The molecule has 0 aliphatic carbocycles. The Bertz CT molecular complexity index is 2610. The third-order valence-electron chi connectivity index (χ3n) is 14.6. The van der Waals surface area contributed by atoms with Gasteiger partial charge in [-0.1, -0.05) is 301 Å². The molecule has 0 amide bonds. The molecule has 0 aliphatic heterocycles. The highest BCUT2D eigenvalue weighted by atomic mass is 31.2. The van der Waals surface area contributed by atoms with Crippen LogP contribution in [0.15, 0.2) is 255 Å². The first-order chi connectivity index (χ1) is 48.0. The van der Waals surface area contributed by atoms with Crippen molar-refractivity contribution in [3.05, 3.63) is 255 Å². The fourth-order valence-corrected chi connectivity index (χ4v) is 9.67. The molecule has 2 unspecified atom stereocenters. The SMILES string of the molecule is CC/C=C\C/C=C\C/C=C\C/C=C\C/C=C\C/C=C\C/C=C\C/C=C\C/C=C\C/C=C\C/C=C\CCCCCC(=O)OC(COC(=O)CCCCCCCC/C=C\C/C=C\C/C=C\C/C=C\C/C=C\C/C=C\C/C=C\C/C=C\C/C=C\C/C=C\CC)COP(=O)(O)OCC[N+](C)(C)C. The number of phosphoric ester groups is 1. The fraction of sp³-hybridized carbons (Fsp3) is 0.500. The normalized spacial score (nSPS) is 14.6. The monoisotopic (exact) mass is 1360 g/mol. The second kappa shape index (κ2) is 74.8. The largest absolute Gasteiger partial charge is 0.472 e. The molecule has 0 aromatic carbocycles. The zero-order valence-electron chi connectivity index (χ0n) is 61.9. The van der Waals surface area contributed by atoms with E-state index >= 15 is 0 Å². The van der Waals surface area contributed by atoms with Gasteiger partial charge < -0.3 is 18.9 Å². The van der Waals surface area contributed by atoms with Crippen molar-refractivity contribution in [2.45, 2.75) is 238 Å². The number of likely N-dealkylation sites (N-methyl/N-ethyl adjacent to an activating group) is 1. The van der Waals surface area contributed by atoms with Crippen LogP contribution in [0.4, 0.5) is 0 Å². The number of rotatable bonds is 65. The van der Waals surface area contributed by atoms with Gasteiger partial charge in [0.15, 0.2) is 6.10 Å². The molecule has 1 N–H and O–H groups in total. The number of hydrogen-bond donors (Lipinski definition) is 1. The molecule has 0 spiro atoms. The van der Waals surface area contributed by atoms with Gasteiger partial charge in [-0.15, -0.1) is 0 Å². The predicted octanol–water partition coefficient (Wildman–Crippen LogP) is 25.3. The Hall–Kier alpha value is -6.45. The summed E-state index contributed by atoms with van der Waals surface area (Å²) in [5, 5.41) is 0. The predicted molar refractivity (Wildman–Crippen MR) is 426 cm³/mol. The van der Waals surface area contributed by atoms with Crippen molar-refractivity contribution in [2.24, 2.45) is 0 Å². The van der Waals surface area contributed by atoms with Crippen LogP contribution in [0.3, 0.4) is 0 Å². The van der Waals surface area contributed by atoms with Gasteiger partial charge in [-0.05, 0) is 173 Å². The Morgan fingerprint density at radius 1 is 0.316 bits per heavy atom. The Morgan fingerprint density at radius 2 is 0.551 bits per heavy atom. The molecule has 0 radical (unpaired) electrons. The molecule has 2 atom stereocenters. The summed E-state index contributed by atoms with van der Waals surface area (Å²) < 4.78 is 34.7. The highest BCUT2D eigenvalue weighted by Crippen LogP contribution is 2.43. The first-order valence-electron chi connectivity index (χ1n) is 37.4. The van der Waals surface area contributed by atoms with Crippen molar-refractivity contribution in [3.8, 4) is 0 Å². The molecule has 0 saturated carbocycles. The van der Waals surface area contributed by atoms with Crippen molar-refractivity contribution in [1.82, 2.24) is 0 Å². The molecule has 0 aromatic heterocycles. The minimum Gasteiger partial charge on any atom is -0.462 e. The number of quaternary nitrogens is 1. The van der Waals surface area contributed by atoms with Gasteiger partial charge in [0, 0.05) is 12.8 Å². The average Bonchev–Trinajstić information content (AvgIpc) is 1.08. The van der Waals surface area contributed by atoms with Crippen LogP contribution in [0.2, 0.25) is 0 Å². The van der Waals surface area contributed by atoms with Crippen molar-refractivity contribution >= 4 is 19.8 Å². The van der Waals surface area contributed by atoms with Crippen molar-refractivity contribution in [2.75, 3.05) is 47.5 Å². The molecule has 9 nitrogen and oxygen atoms in total. The van der Waals surface area contributed by atoms with Crippen LogP contribution in [-0.4, -0.2) is 74.9 Å². The van der Waals surface area contributed by atoms with E-state index in [0.717, 1.165) is 193 Å². The molecule has 0 rings (SSSR count). The lowest BCUT2D eigenvalue weighted by Gasteiger charge is -2.24. The topological polar surface area (TPSA) is 108 Å². The maximum atomic E-state index is 12.9. The summed E-state index contributed by atoms with van der Waals surface area (Å²) >= 11 is 0. The maximum Gasteiger partial charge on any atom is 0.472 e. The lowest BCUT2D eigenvalue weighted by atomic mass is 10.1. The number of esters is 2. The molecule has 0 aromatic rings. The number of nitrogens with zero attached hydrogens (tertiary/aromatic N) is 1. The van der Waals surface area contributed by atoms with Crippen LogP contribution >= 0.6 is 7.82 Å². The molecule has 0 heterocycles. The Balaban J connectivity index is 4.25. The van der Waals surface area contributed by atoms with E-state index in [1.54, 1.807) is 0 Å². The van der Waals surface area contributed by atoms with Gasteiger partial charge in [0.25, 0.3) is 0 Å².